The molecular formula is C26H30FN5O3. The average molecular weight is 480 g/mol. The van der Waals surface area contributed by atoms with E-state index in [0.29, 0.717) is 44.2 Å². The molecule has 3 aliphatic rings. The standard InChI is InChI=1S/C26H30FN5O3/c1-34-9-7-31-21-5-4-18(27)11-16(21)13-22(31)25-29-20-12-17(14-23-24(20)32(25)8-10-35-23)26(33)30-6-2-3-19(28)15-30/h4-5,11-14,19,25,29H,2-3,6-10,15,28H2,1H3/t19?,25-/m1/s1. The number of benzene rings is 2. The molecule has 0 bridgehead atoms. The number of methoxy groups -OCH3 is 1. The highest BCUT2D eigenvalue weighted by atomic mass is 19.1. The maximum Gasteiger partial charge on any atom is 0.254 e. The van der Waals surface area contributed by atoms with Gasteiger partial charge in [0.05, 0.1) is 24.5 Å². The van der Waals surface area contributed by atoms with Crippen molar-refractivity contribution in [2.75, 3.05) is 50.2 Å². The van der Waals surface area contributed by atoms with Gasteiger partial charge in [-0.05, 0) is 49.2 Å². The van der Waals surface area contributed by atoms with E-state index in [1.165, 1.54) is 6.07 Å². The molecule has 0 spiro atoms. The van der Waals surface area contributed by atoms with Crippen LogP contribution in [0.25, 0.3) is 10.9 Å². The highest BCUT2D eigenvalue weighted by molar-refractivity contribution is 5.99. The number of aromatic nitrogens is 1. The van der Waals surface area contributed by atoms with E-state index in [1.54, 1.807) is 13.2 Å². The van der Waals surface area contributed by atoms with Crippen molar-refractivity contribution >= 4 is 28.2 Å². The van der Waals surface area contributed by atoms with Crippen LogP contribution in [0.4, 0.5) is 15.8 Å². The second-order valence-corrected chi connectivity index (χ2v) is 9.53. The first-order valence-electron chi connectivity index (χ1n) is 12.2. The first-order chi connectivity index (χ1) is 17.0. The van der Waals surface area contributed by atoms with E-state index in [-0.39, 0.29) is 23.9 Å². The van der Waals surface area contributed by atoms with Gasteiger partial charge in [0.25, 0.3) is 5.91 Å². The molecule has 184 valence electrons. The Labute approximate surface area is 203 Å². The number of ether oxygens (including phenoxy) is 2. The van der Waals surface area contributed by atoms with E-state index in [0.717, 1.165) is 47.4 Å². The van der Waals surface area contributed by atoms with Crippen LogP contribution in [0, 0.1) is 5.82 Å². The van der Waals surface area contributed by atoms with Crippen LogP contribution in [0.5, 0.6) is 5.75 Å². The smallest absolute Gasteiger partial charge is 0.254 e. The fraction of sp³-hybridized carbons (Fsp3) is 0.423. The maximum atomic E-state index is 14.0. The normalized spacial score (nSPS) is 21.1. The molecule has 35 heavy (non-hydrogen) atoms. The van der Waals surface area contributed by atoms with Crippen molar-refractivity contribution < 1.29 is 18.7 Å². The van der Waals surface area contributed by atoms with Crippen molar-refractivity contribution in [2.45, 2.75) is 31.6 Å². The van der Waals surface area contributed by atoms with Crippen LogP contribution in [0.1, 0.15) is 35.1 Å². The Kier molecular flexibility index (Phi) is 5.53. The molecule has 9 heteroatoms. The summed E-state index contributed by atoms with van der Waals surface area (Å²) in [5, 5.41) is 4.47. The molecule has 0 aliphatic carbocycles. The Hall–Kier alpha value is -3.30. The molecule has 8 nitrogen and oxygen atoms in total. The first kappa shape index (κ1) is 22.2. The predicted octanol–water partition coefficient (Wildman–Crippen LogP) is 3.31. The fourth-order valence-corrected chi connectivity index (χ4v) is 5.63. The number of nitrogens with zero attached hydrogens (tertiary/aromatic N) is 3. The largest absolute Gasteiger partial charge is 0.489 e. The topological polar surface area (TPSA) is 85.0 Å². The lowest BCUT2D eigenvalue weighted by atomic mass is 10.0. The number of hydrogen-bond acceptors (Lipinski definition) is 6. The zero-order chi connectivity index (χ0) is 24.1. The quantitative estimate of drug-likeness (QED) is 0.584. The summed E-state index contributed by atoms with van der Waals surface area (Å²) in [5.74, 6) is 0.429. The molecule has 3 N–H and O–H groups in total. The van der Waals surface area contributed by atoms with Crippen LogP contribution >= 0.6 is 0 Å². The first-order valence-corrected chi connectivity index (χ1v) is 12.2. The summed E-state index contributed by atoms with van der Waals surface area (Å²) in [6.45, 7) is 3.70. The zero-order valence-electron chi connectivity index (χ0n) is 19.8. The Morgan fingerprint density at radius 3 is 2.97 bits per heavy atom. The maximum absolute atomic E-state index is 14.0. The zero-order valence-corrected chi connectivity index (χ0v) is 19.8. The van der Waals surface area contributed by atoms with Crippen molar-refractivity contribution in [3.05, 3.63) is 53.5 Å². The molecule has 0 radical (unpaired) electrons. The number of carbonyl (C=O) groups is 1. The van der Waals surface area contributed by atoms with Crippen molar-refractivity contribution in [1.29, 1.82) is 0 Å². The van der Waals surface area contributed by atoms with Gasteiger partial charge in [-0.2, -0.15) is 0 Å². The summed E-state index contributed by atoms with van der Waals surface area (Å²) in [6.07, 6.45) is 1.69. The minimum Gasteiger partial charge on any atom is -0.489 e. The number of carbonyl (C=O) groups excluding carboxylic acids is 1. The van der Waals surface area contributed by atoms with E-state index in [9.17, 15) is 9.18 Å². The van der Waals surface area contributed by atoms with Crippen LogP contribution < -0.4 is 20.7 Å². The highest BCUT2D eigenvalue weighted by Gasteiger charge is 2.38. The SMILES string of the molecule is COCCn1c([C@@H]2Nc3cc(C(=O)N4CCCC(N)C4)cc4c3N2CCO4)cc2cc(F)ccc21. The lowest BCUT2D eigenvalue weighted by molar-refractivity contribution is 0.0708. The van der Waals surface area contributed by atoms with E-state index in [1.807, 2.05) is 29.2 Å². The minimum absolute atomic E-state index is 0.0187. The molecule has 1 unspecified atom stereocenters. The van der Waals surface area contributed by atoms with Gasteiger partial charge in [-0.3, -0.25) is 4.79 Å². The Morgan fingerprint density at radius 1 is 1.26 bits per heavy atom. The molecule has 1 aromatic heterocycles. The van der Waals surface area contributed by atoms with Crippen LogP contribution in [0.2, 0.25) is 0 Å². The molecule has 1 saturated heterocycles. The van der Waals surface area contributed by atoms with Crippen LogP contribution in [-0.2, 0) is 11.3 Å². The Bertz CT molecular complexity index is 1290. The monoisotopic (exact) mass is 479 g/mol. The average Bonchev–Trinajstić information content (AvgIpc) is 3.40. The number of piperidine rings is 1. The molecule has 2 aromatic carbocycles. The third kappa shape index (κ3) is 3.79. The Morgan fingerprint density at radius 2 is 2.14 bits per heavy atom. The molecule has 1 amide bonds. The molecule has 6 rings (SSSR count). The second-order valence-electron chi connectivity index (χ2n) is 9.53. The fourth-order valence-electron chi connectivity index (χ4n) is 5.63. The number of amides is 1. The summed E-state index contributed by atoms with van der Waals surface area (Å²) in [5.41, 5.74) is 10.5. The molecule has 3 aliphatic heterocycles. The summed E-state index contributed by atoms with van der Waals surface area (Å²) >= 11 is 0. The molecule has 0 saturated carbocycles. The van der Waals surface area contributed by atoms with Gasteiger partial charge in [0.2, 0.25) is 0 Å². The summed E-state index contributed by atoms with van der Waals surface area (Å²) in [6, 6.07) is 10.7. The molecule has 1 fully saturated rings. The predicted molar refractivity (Wildman–Crippen MR) is 133 cm³/mol. The van der Waals surface area contributed by atoms with Gasteiger partial charge >= 0.3 is 0 Å². The van der Waals surface area contributed by atoms with E-state index < -0.39 is 0 Å². The highest BCUT2D eigenvalue weighted by Crippen LogP contribution is 2.50. The molecule has 3 aromatic rings. The molecular weight excluding hydrogens is 449 g/mol. The van der Waals surface area contributed by atoms with Crippen LogP contribution in [0.15, 0.2) is 36.4 Å². The van der Waals surface area contributed by atoms with Gasteiger partial charge in [0, 0.05) is 49.3 Å². The summed E-state index contributed by atoms with van der Waals surface area (Å²) in [7, 11) is 1.68. The molecule has 4 heterocycles. The lowest BCUT2D eigenvalue weighted by Gasteiger charge is -2.33. The number of halogens is 1. The summed E-state index contributed by atoms with van der Waals surface area (Å²) < 4.78 is 27.6. The van der Waals surface area contributed by atoms with Crippen LogP contribution in [-0.4, -0.2) is 61.4 Å². The van der Waals surface area contributed by atoms with Crippen molar-refractivity contribution in [3.63, 3.8) is 0 Å². The number of nitrogens with one attached hydrogen (secondary N) is 1. The van der Waals surface area contributed by atoms with Gasteiger partial charge in [-0.15, -0.1) is 0 Å². The van der Waals surface area contributed by atoms with E-state index >= 15 is 0 Å². The van der Waals surface area contributed by atoms with Crippen molar-refractivity contribution in [3.8, 4) is 5.75 Å². The van der Waals surface area contributed by atoms with Gasteiger partial charge in [0.15, 0.2) is 0 Å². The number of nitrogens with two attached hydrogens (primary N) is 1. The number of fused-ring (bicyclic) bond motifs is 1. The lowest BCUT2D eigenvalue weighted by Crippen LogP contribution is -2.45. The third-order valence-corrected chi connectivity index (χ3v) is 7.24. The second kappa shape index (κ2) is 8.73. The number of anilines is 2. The number of rotatable bonds is 5. The molecule has 2 atom stereocenters. The summed E-state index contributed by atoms with van der Waals surface area (Å²) in [4.78, 5) is 17.4. The van der Waals surface area contributed by atoms with Gasteiger partial charge in [0.1, 0.15) is 30.0 Å². The number of likely N-dealkylation sites (tertiary alicyclic amines) is 1. The van der Waals surface area contributed by atoms with Crippen molar-refractivity contribution in [2.24, 2.45) is 5.73 Å². The van der Waals surface area contributed by atoms with Gasteiger partial charge in [-0.1, -0.05) is 0 Å². The Balaban J connectivity index is 1.38. The van der Waals surface area contributed by atoms with E-state index in [2.05, 4.69) is 14.8 Å². The van der Waals surface area contributed by atoms with Gasteiger partial charge in [-0.25, -0.2) is 4.39 Å². The third-order valence-electron chi connectivity index (χ3n) is 7.24. The van der Waals surface area contributed by atoms with Crippen molar-refractivity contribution in [1.82, 2.24) is 9.47 Å². The van der Waals surface area contributed by atoms with E-state index in [4.69, 9.17) is 15.2 Å². The van der Waals surface area contributed by atoms with Crippen LogP contribution in [0.3, 0.4) is 0 Å². The van der Waals surface area contributed by atoms with Gasteiger partial charge < -0.3 is 34.9 Å². The minimum atomic E-state index is -0.259. The number of hydrogen-bond donors (Lipinski definition) is 2.